The monoisotopic (exact) mass is 346 g/mol. The summed E-state index contributed by atoms with van der Waals surface area (Å²) in [6.45, 7) is 6.80. The highest BCUT2D eigenvalue weighted by Crippen LogP contribution is 2.23. The van der Waals surface area contributed by atoms with E-state index >= 15 is 0 Å². The Balaban J connectivity index is 1.39. The van der Waals surface area contributed by atoms with Crippen molar-refractivity contribution in [2.75, 3.05) is 39.5 Å². The first kappa shape index (κ1) is 18.2. The molecular formula is C20H30N2O3. The van der Waals surface area contributed by atoms with Crippen LogP contribution < -0.4 is 10.1 Å². The molecule has 1 atom stereocenters. The van der Waals surface area contributed by atoms with Gasteiger partial charge in [0.2, 0.25) is 5.91 Å². The molecule has 1 aromatic rings. The predicted molar refractivity (Wildman–Crippen MR) is 97.8 cm³/mol. The van der Waals surface area contributed by atoms with Crippen molar-refractivity contribution in [2.24, 2.45) is 5.92 Å². The van der Waals surface area contributed by atoms with E-state index in [1.165, 1.54) is 0 Å². The van der Waals surface area contributed by atoms with Crippen LogP contribution in [0.5, 0.6) is 5.75 Å². The third kappa shape index (κ3) is 5.19. The van der Waals surface area contributed by atoms with Crippen molar-refractivity contribution in [3.63, 3.8) is 0 Å². The number of aryl methyl sites for hydroxylation is 1. The van der Waals surface area contributed by atoms with Crippen LogP contribution in [0.3, 0.4) is 0 Å². The zero-order valence-corrected chi connectivity index (χ0v) is 15.2. The van der Waals surface area contributed by atoms with Crippen LogP contribution in [0, 0.1) is 12.8 Å². The Kier molecular flexibility index (Phi) is 6.70. The van der Waals surface area contributed by atoms with E-state index in [4.69, 9.17) is 9.47 Å². The first-order valence-corrected chi connectivity index (χ1v) is 9.52. The normalized spacial score (nSPS) is 22.5. The lowest BCUT2D eigenvalue weighted by Gasteiger charge is -2.39. The van der Waals surface area contributed by atoms with Crippen LogP contribution in [0.25, 0.3) is 0 Å². The number of hydrogen-bond acceptors (Lipinski definition) is 4. The molecule has 138 valence electrons. The van der Waals surface area contributed by atoms with Gasteiger partial charge in [0.15, 0.2) is 0 Å². The van der Waals surface area contributed by atoms with Gasteiger partial charge in [0.25, 0.3) is 0 Å². The number of hydrogen-bond donors (Lipinski definition) is 1. The summed E-state index contributed by atoms with van der Waals surface area (Å²) in [5.41, 5.74) is 1.12. The minimum absolute atomic E-state index is 0.107. The molecule has 2 heterocycles. The molecule has 0 aliphatic carbocycles. The highest BCUT2D eigenvalue weighted by atomic mass is 16.5. The van der Waals surface area contributed by atoms with Gasteiger partial charge >= 0.3 is 0 Å². The second-order valence-corrected chi connectivity index (χ2v) is 7.08. The topological polar surface area (TPSA) is 50.8 Å². The summed E-state index contributed by atoms with van der Waals surface area (Å²) in [6.07, 6.45) is 4.29. The second kappa shape index (κ2) is 9.20. The molecule has 1 amide bonds. The number of benzene rings is 1. The number of piperidine rings is 1. The summed E-state index contributed by atoms with van der Waals surface area (Å²) in [7, 11) is 0. The zero-order chi connectivity index (χ0) is 17.5. The van der Waals surface area contributed by atoms with Crippen LogP contribution in [-0.4, -0.2) is 56.3 Å². The number of nitrogens with one attached hydrogen (secondary N) is 1. The lowest BCUT2D eigenvalue weighted by atomic mass is 9.94. The molecule has 0 saturated carbocycles. The number of amides is 1. The van der Waals surface area contributed by atoms with Crippen LogP contribution in [0.2, 0.25) is 0 Å². The fourth-order valence-corrected chi connectivity index (χ4v) is 3.80. The summed E-state index contributed by atoms with van der Waals surface area (Å²) in [5, 5.41) is 3.05. The van der Waals surface area contributed by atoms with Gasteiger partial charge < -0.3 is 14.8 Å². The Labute approximate surface area is 150 Å². The van der Waals surface area contributed by atoms with Gasteiger partial charge in [-0.25, -0.2) is 0 Å². The molecule has 5 heteroatoms. The molecule has 2 aliphatic rings. The molecule has 0 spiro atoms. The van der Waals surface area contributed by atoms with Gasteiger partial charge in [-0.15, -0.1) is 0 Å². The lowest BCUT2D eigenvalue weighted by molar-refractivity contribution is -0.127. The maximum Gasteiger partial charge on any atom is 0.224 e. The van der Waals surface area contributed by atoms with Gasteiger partial charge in [-0.1, -0.05) is 18.2 Å². The van der Waals surface area contributed by atoms with Crippen LogP contribution in [0.4, 0.5) is 0 Å². The molecule has 2 fully saturated rings. The number of para-hydroxylation sites is 1. The Morgan fingerprint density at radius 1 is 1.28 bits per heavy atom. The van der Waals surface area contributed by atoms with Crippen molar-refractivity contribution < 1.29 is 14.3 Å². The maximum atomic E-state index is 12.5. The zero-order valence-electron chi connectivity index (χ0n) is 15.2. The second-order valence-electron chi connectivity index (χ2n) is 7.08. The predicted octanol–water partition coefficient (Wildman–Crippen LogP) is 2.38. The highest BCUT2D eigenvalue weighted by molar-refractivity contribution is 5.78. The Morgan fingerprint density at radius 3 is 2.88 bits per heavy atom. The van der Waals surface area contributed by atoms with Crippen molar-refractivity contribution in [1.82, 2.24) is 10.2 Å². The molecular weight excluding hydrogens is 316 g/mol. The average molecular weight is 346 g/mol. The minimum Gasteiger partial charge on any atom is -0.491 e. The molecule has 0 aromatic heterocycles. The van der Waals surface area contributed by atoms with Crippen LogP contribution in [-0.2, 0) is 9.53 Å². The van der Waals surface area contributed by atoms with E-state index in [0.29, 0.717) is 19.2 Å². The Hall–Kier alpha value is -1.59. The van der Waals surface area contributed by atoms with Gasteiger partial charge in [0.05, 0.1) is 12.5 Å². The first-order valence-electron chi connectivity index (χ1n) is 9.52. The SMILES string of the molecule is Cc1ccccc1OCCNC(=O)[C@H]1CCCN(C2CCOCC2)C1. The third-order valence-corrected chi connectivity index (χ3v) is 5.28. The third-order valence-electron chi connectivity index (χ3n) is 5.28. The van der Waals surface area contributed by atoms with Crippen molar-refractivity contribution in [3.05, 3.63) is 29.8 Å². The molecule has 0 bridgehead atoms. The number of likely N-dealkylation sites (tertiary alicyclic amines) is 1. The fourth-order valence-electron chi connectivity index (χ4n) is 3.80. The van der Waals surface area contributed by atoms with Gasteiger partial charge in [0, 0.05) is 25.8 Å². The molecule has 0 radical (unpaired) electrons. The maximum absolute atomic E-state index is 12.5. The van der Waals surface area contributed by atoms with E-state index in [0.717, 1.165) is 63.3 Å². The number of carbonyl (C=O) groups excluding carboxylic acids is 1. The molecule has 1 N–H and O–H groups in total. The quantitative estimate of drug-likeness (QED) is 0.804. The molecule has 3 rings (SSSR count). The molecule has 2 aliphatic heterocycles. The summed E-state index contributed by atoms with van der Waals surface area (Å²) >= 11 is 0. The van der Waals surface area contributed by atoms with E-state index in [-0.39, 0.29) is 11.8 Å². The smallest absolute Gasteiger partial charge is 0.224 e. The summed E-state index contributed by atoms with van der Waals surface area (Å²) in [5.74, 6) is 1.17. The first-order chi connectivity index (χ1) is 12.2. The van der Waals surface area contributed by atoms with Gasteiger partial charge in [-0.3, -0.25) is 9.69 Å². The molecule has 1 aromatic carbocycles. The molecule has 0 unspecified atom stereocenters. The average Bonchev–Trinajstić information content (AvgIpc) is 2.67. The van der Waals surface area contributed by atoms with E-state index in [2.05, 4.69) is 10.2 Å². The molecule has 5 nitrogen and oxygen atoms in total. The van der Waals surface area contributed by atoms with E-state index in [9.17, 15) is 4.79 Å². The van der Waals surface area contributed by atoms with Crippen LogP contribution in [0.15, 0.2) is 24.3 Å². The van der Waals surface area contributed by atoms with Gasteiger partial charge in [0.1, 0.15) is 12.4 Å². The van der Waals surface area contributed by atoms with Gasteiger partial charge in [-0.05, 0) is 50.8 Å². The Bertz CT molecular complexity index is 558. The van der Waals surface area contributed by atoms with E-state index in [1.54, 1.807) is 0 Å². The Morgan fingerprint density at radius 2 is 2.08 bits per heavy atom. The summed E-state index contributed by atoms with van der Waals surface area (Å²) < 4.78 is 11.2. The van der Waals surface area contributed by atoms with Crippen molar-refractivity contribution in [1.29, 1.82) is 0 Å². The minimum atomic E-state index is 0.107. The van der Waals surface area contributed by atoms with Gasteiger partial charge in [-0.2, -0.15) is 0 Å². The van der Waals surface area contributed by atoms with E-state index < -0.39 is 0 Å². The van der Waals surface area contributed by atoms with Crippen LogP contribution >= 0.6 is 0 Å². The number of ether oxygens (including phenoxy) is 2. The molecule has 25 heavy (non-hydrogen) atoms. The standard InChI is InChI=1S/C20H30N2O3/c1-16-5-2-3-7-19(16)25-14-10-21-20(23)17-6-4-11-22(15-17)18-8-12-24-13-9-18/h2-3,5,7,17-18H,4,6,8-15H2,1H3,(H,21,23)/t17-/m0/s1. The molecule has 2 saturated heterocycles. The highest BCUT2D eigenvalue weighted by Gasteiger charge is 2.30. The summed E-state index contributed by atoms with van der Waals surface area (Å²) in [4.78, 5) is 15.0. The number of carbonyl (C=O) groups is 1. The number of nitrogens with zero attached hydrogens (tertiary/aromatic N) is 1. The van der Waals surface area contributed by atoms with E-state index in [1.807, 2.05) is 31.2 Å². The van der Waals surface area contributed by atoms with Crippen molar-refractivity contribution in [3.8, 4) is 5.75 Å². The fraction of sp³-hybridized carbons (Fsp3) is 0.650. The van der Waals surface area contributed by atoms with Crippen LogP contribution in [0.1, 0.15) is 31.2 Å². The summed E-state index contributed by atoms with van der Waals surface area (Å²) in [6, 6.07) is 8.55. The lowest BCUT2D eigenvalue weighted by Crippen LogP contribution is -2.49. The largest absolute Gasteiger partial charge is 0.491 e. The van der Waals surface area contributed by atoms with Crippen molar-refractivity contribution in [2.45, 2.75) is 38.6 Å². The van der Waals surface area contributed by atoms with Crippen molar-refractivity contribution >= 4 is 5.91 Å². The number of rotatable bonds is 6.